The molecule has 1 unspecified atom stereocenters. The fourth-order valence-electron chi connectivity index (χ4n) is 0.751. The zero-order valence-corrected chi connectivity index (χ0v) is 9.29. The summed E-state index contributed by atoms with van der Waals surface area (Å²) in [5.41, 5.74) is -0.358. The van der Waals surface area contributed by atoms with Crippen molar-refractivity contribution < 1.29 is 14.7 Å². The van der Waals surface area contributed by atoms with Gasteiger partial charge in [-0.15, -0.1) is 0 Å². The van der Waals surface area contributed by atoms with Crippen molar-refractivity contribution >= 4 is 12.0 Å². The Kier molecular flexibility index (Phi) is 3.92. The Balaban J connectivity index is 4.33. The molecule has 0 aliphatic carbocycles. The van der Waals surface area contributed by atoms with Gasteiger partial charge in [0.05, 0.1) is 0 Å². The quantitative estimate of drug-likeness (QED) is 0.699. The van der Waals surface area contributed by atoms with Crippen LogP contribution in [0.4, 0.5) is 4.79 Å². The van der Waals surface area contributed by atoms with Crippen LogP contribution in [-0.4, -0.2) is 40.6 Å². The summed E-state index contributed by atoms with van der Waals surface area (Å²) in [6, 6.07) is -1.20. The van der Waals surface area contributed by atoms with E-state index in [1.54, 1.807) is 0 Å². The molecule has 0 aliphatic heterocycles. The fourth-order valence-corrected chi connectivity index (χ4v) is 0.751. The lowest BCUT2D eigenvalue weighted by Gasteiger charge is -2.27. The van der Waals surface area contributed by atoms with E-state index in [2.05, 4.69) is 5.32 Å². The second-order valence-electron chi connectivity index (χ2n) is 4.31. The SMILES string of the molecule is CC(C(=O)O)N(C)C(=O)NC(C)(C)C. The van der Waals surface area contributed by atoms with Crippen molar-refractivity contribution in [1.29, 1.82) is 0 Å². The minimum Gasteiger partial charge on any atom is -0.480 e. The molecule has 0 spiro atoms. The van der Waals surface area contributed by atoms with E-state index in [1.807, 2.05) is 20.8 Å². The number of aliphatic carboxylic acids is 1. The van der Waals surface area contributed by atoms with Gasteiger partial charge in [-0.2, -0.15) is 0 Å². The van der Waals surface area contributed by atoms with Gasteiger partial charge in [0.1, 0.15) is 6.04 Å². The zero-order chi connectivity index (χ0) is 11.5. The predicted molar refractivity (Wildman–Crippen MR) is 53.1 cm³/mol. The number of nitrogens with zero attached hydrogens (tertiary/aromatic N) is 1. The normalized spacial score (nSPS) is 13.2. The molecule has 5 nitrogen and oxygen atoms in total. The van der Waals surface area contributed by atoms with Crippen LogP contribution in [0.5, 0.6) is 0 Å². The van der Waals surface area contributed by atoms with Crippen molar-refractivity contribution in [3.63, 3.8) is 0 Å². The molecule has 0 saturated carbocycles. The van der Waals surface area contributed by atoms with Gasteiger partial charge >= 0.3 is 12.0 Å². The number of hydrogen-bond donors (Lipinski definition) is 2. The molecule has 0 aromatic rings. The van der Waals surface area contributed by atoms with Crippen LogP contribution in [0, 0.1) is 0 Å². The summed E-state index contributed by atoms with van der Waals surface area (Å²) >= 11 is 0. The highest BCUT2D eigenvalue weighted by Gasteiger charge is 2.24. The number of urea groups is 1. The van der Waals surface area contributed by atoms with Crippen molar-refractivity contribution in [1.82, 2.24) is 10.2 Å². The van der Waals surface area contributed by atoms with Gasteiger partial charge < -0.3 is 15.3 Å². The third kappa shape index (κ3) is 4.11. The van der Waals surface area contributed by atoms with Crippen LogP contribution < -0.4 is 5.32 Å². The average Bonchev–Trinajstić information content (AvgIpc) is 1.98. The number of carboxylic acid groups (broad SMARTS) is 1. The lowest BCUT2D eigenvalue weighted by atomic mass is 10.1. The molecular weight excluding hydrogens is 184 g/mol. The molecule has 0 bridgehead atoms. The number of carbonyl (C=O) groups is 2. The molecular formula is C9H18N2O3. The van der Waals surface area contributed by atoms with Gasteiger partial charge in [-0.1, -0.05) is 0 Å². The first-order valence-corrected chi connectivity index (χ1v) is 4.43. The molecule has 0 rings (SSSR count). The van der Waals surface area contributed by atoms with Crippen molar-refractivity contribution in [2.24, 2.45) is 0 Å². The van der Waals surface area contributed by atoms with Crippen LogP contribution in [0.1, 0.15) is 27.7 Å². The molecule has 0 heterocycles. The summed E-state index contributed by atoms with van der Waals surface area (Å²) in [7, 11) is 1.46. The van der Waals surface area contributed by atoms with Crippen LogP contribution in [-0.2, 0) is 4.79 Å². The summed E-state index contributed by atoms with van der Waals surface area (Å²) in [4.78, 5) is 23.2. The van der Waals surface area contributed by atoms with Crippen molar-refractivity contribution in [3.05, 3.63) is 0 Å². The summed E-state index contributed by atoms with van der Waals surface area (Å²) in [5, 5.41) is 11.4. The summed E-state index contributed by atoms with van der Waals surface area (Å²) in [6.07, 6.45) is 0. The molecule has 82 valence electrons. The maximum atomic E-state index is 11.5. The minimum atomic E-state index is -1.02. The van der Waals surface area contributed by atoms with Gasteiger partial charge in [0.2, 0.25) is 0 Å². The highest BCUT2D eigenvalue weighted by atomic mass is 16.4. The van der Waals surface area contributed by atoms with Crippen LogP contribution >= 0.6 is 0 Å². The molecule has 0 radical (unpaired) electrons. The lowest BCUT2D eigenvalue weighted by molar-refractivity contribution is -0.141. The second kappa shape index (κ2) is 4.30. The third-order valence-corrected chi connectivity index (χ3v) is 1.74. The van der Waals surface area contributed by atoms with Gasteiger partial charge in [-0.25, -0.2) is 9.59 Å². The van der Waals surface area contributed by atoms with Crippen LogP contribution in [0.25, 0.3) is 0 Å². The van der Waals surface area contributed by atoms with E-state index < -0.39 is 12.0 Å². The van der Waals surface area contributed by atoms with Crippen LogP contribution in [0.15, 0.2) is 0 Å². The number of rotatable bonds is 2. The van der Waals surface area contributed by atoms with E-state index in [0.717, 1.165) is 4.90 Å². The molecule has 0 aromatic carbocycles. The Hall–Kier alpha value is -1.26. The largest absolute Gasteiger partial charge is 0.480 e. The van der Waals surface area contributed by atoms with Gasteiger partial charge in [0.15, 0.2) is 0 Å². The lowest BCUT2D eigenvalue weighted by Crippen LogP contribution is -2.51. The van der Waals surface area contributed by atoms with E-state index in [1.165, 1.54) is 14.0 Å². The van der Waals surface area contributed by atoms with Crippen LogP contribution in [0.2, 0.25) is 0 Å². The summed E-state index contributed by atoms with van der Waals surface area (Å²) < 4.78 is 0. The van der Waals surface area contributed by atoms with Gasteiger partial charge in [-0.3, -0.25) is 0 Å². The standard InChI is InChI=1S/C9H18N2O3/c1-6(7(12)13)11(5)8(14)10-9(2,3)4/h6H,1-5H3,(H,10,14)(H,12,13). The van der Waals surface area contributed by atoms with E-state index >= 15 is 0 Å². The predicted octanol–water partition coefficient (Wildman–Crippen LogP) is 0.899. The maximum absolute atomic E-state index is 11.5. The number of amides is 2. The molecule has 5 heteroatoms. The molecule has 2 N–H and O–H groups in total. The topological polar surface area (TPSA) is 69.6 Å². The van der Waals surface area contributed by atoms with Crippen molar-refractivity contribution in [2.45, 2.75) is 39.3 Å². The smallest absolute Gasteiger partial charge is 0.326 e. The molecule has 0 aromatic heterocycles. The molecule has 14 heavy (non-hydrogen) atoms. The Morgan fingerprint density at radius 2 is 1.79 bits per heavy atom. The van der Waals surface area contributed by atoms with Crippen LogP contribution in [0.3, 0.4) is 0 Å². The fraction of sp³-hybridized carbons (Fsp3) is 0.778. The second-order valence-corrected chi connectivity index (χ2v) is 4.31. The Morgan fingerprint density at radius 1 is 1.36 bits per heavy atom. The first-order valence-electron chi connectivity index (χ1n) is 4.43. The number of carboxylic acids is 1. The van der Waals surface area contributed by atoms with E-state index in [-0.39, 0.29) is 11.6 Å². The highest BCUT2D eigenvalue weighted by molar-refractivity contribution is 5.82. The average molecular weight is 202 g/mol. The summed E-state index contributed by atoms with van der Waals surface area (Å²) in [6.45, 7) is 6.98. The molecule has 2 amide bonds. The van der Waals surface area contributed by atoms with E-state index in [9.17, 15) is 9.59 Å². The van der Waals surface area contributed by atoms with E-state index in [0.29, 0.717) is 0 Å². The maximum Gasteiger partial charge on any atom is 0.326 e. The molecule has 0 fully saturated rings. The molecule has 0 aliphatic rings. The number of carbonyl (C=O) groups excluding carboxylic acids is 1. The Morgan fingerprint density at radius 3 is 2.07 bits per heavy atom. The first-order chi connectivity index (χ1) is 6.15. The molecule has 1 atom stereocenters. The number of nitrogens with one attached hydrogen (secondary N) is 1. The zero-order valence-electron chi connectivity index (χ0n) is 9.29. The minimum absolute atomic E-state index is 0.358. The van der Waals surface area contributed by atoms with Gasteiger partial charge in [0, 0.05) is 12.6 Å². The van der Waals surface area contributed by atoms with Gasteiger partial charge in [-0.05, 0) is 27.7 Å². The van der Waals surface area contributed by atoms with Gasteiger partial charge in [0.25, 0.3) is 0 Å². The number of hydrogen-bond acceptors (Lipinski definition) is 2. The number of likely N-dealkylation sites (N-methyl/N-ethyl adjacent to an activating group) is 1. The Labute approximate surface area is 84.1 Å². The van der Waals surface area contributed by atoms with Crippen molar-refractivity contribution in [2.75, 3.05) is 7.05 Å². The first kappa shape index (κ1) is 12.7. The molecule has 0 saturated heterocycles. The highest BCUT2D eigenvalue weighted by Crippen LogP contribution is 2.02. The van der Waals surface area contributed by atoms with E-state index in [4.69, 9.17) is 5.11 Å². The van der Waals surface area contributed by atoms with Crippen molar-refractivity contribution in [3.8, 4) is 0 Å². The monoisotopic (exact) mass is 202 g/mol. The Bertz CT molecular complexity index is 233. The summed E-state index contributed by atoms with van der Waals surface area (Å²) in [5.74, 6) is -1.02. The third-order valence-electron chi connectivity index (χ3n) is 1.74.